The van der Waals surface area contributed by atoms with Crippen LogP contribution in [0.2, 0.25) is 0 Å². The number of pyridine rings is 1. The maximum Gasteiger partial charge on any atom is 0.0634 e. The number of nitrogens with zero attached hydrogens (tertiary/aromatic N) is 4. The van der Waals surface area contributed by atoms with Gasteiger partial charge in [0.1, 0.15) is 0 Å². The van der Waals surface area contributed by atoms with Gasteiger partial charge in [0.25, 0.3) is 0 Å². The van der Waals surface area contributed by atoms with Crippen LogP contribution in [-0.4, -0.2) is 9.55 Å². The van der Waals surface area contributed by atoms with Crippen LogP contribution in [0.4, 0.5) is 28.4 Å². The van der Waals surface area contributed by atoms with E-state index >= 15 is 0 Å². The summed E-state index contributed by atoms with van der Waals surface area (Å²) in [5.74, 6) is 0. The molecule has 0 atom stereocenters. The van der Waals surface area contributed by atoms with E-state index in [0.29, 0.717) is 0 Å². The topological polar surface area (TPSA) is 24.3 Å². The zero-order valence-electron chi connectivity index (χ0n) is 40.4. The quantitative estimate of drug-likeness (QED) is 0.114. The van der Waals surface area contributed by atoms with E-state index in [0.717, 1.165) is 58.2 Å². The Morgan fingerprint density at radius 3 is 2.01 bits per heavy atom. The largest absolute Gasteiger partial charge is 0.311 e. The molecule has 0 saturated carbocycles. The van der Waals surface area contributed by atoms with Gasteiger partial charge < -0.3 is 14.4 Å². The Balaban J connectivity index is 1.14. The van der Waals surface area contributed by atoms with Crippen molar-refractivity contribution in [1.29, 1.82) is 0 Å². The minimum absolute atomic E-state index is 0.838. The van der Waals surface area contributed by atoms with E-state index in [1.54, 1.807) is 0 Å². The number of para-hydroxylation sites is 2. The molecule has 5 heteroatoms. The summed E-state index contributed by atoms with van der Waals surface area (Å²) in [4.78, 5) is 9.30. The highest BCUT2D eigenvalue weighted by atomic mass is 32.1. The average Bonchev–Trinajstić information content (AvgIpc) is 4.21. The third-order valence-corrected chi connectivity index (χ3v) is 15.4. The van der Waals surface area contributed by atoms with Crippen molar-refractivity contribution < 1.29 is 0 Å². The van der Waals surface area contributed by atoms with Gasteiger partial charge in [-0.3, -0.25) is 4.98 Å². The van der Waals surface area contributed by atoms with Crippen molar-refractivity contribution in [3.8, 4) is 27.9 Å². The molecule has 12 aromatic rings. The van der Waals surface area contributed by atoms with Crippen LogP contribution in [0.1, 0.15) is 19.8 Å². The Morgan fingerprint density at radius 1 is 0.562 bits per heavy atom. The molecular formula is C68H50N4S. The van der Waals surface area contributed by atoms with Crippen molar-refractivity contribution in [2.45, 2.75) is 19.8 Å². The van der Waals surface area contributed by atoms with E-state index in [-0.39, 0.29) is 0 Å². The standard InChI is InChI=1S/C68H50N4S/c1-2-18-52(35-31-47-19-12-13-20-47)70(55-36-32-49(33-37-55)48-21-6-3-7-22-48)57-43-51(44-58(45-57)71(53-24-8-4-9-25-53)56-39-41-69-42-40-56)62-46-63-60-38-34-50-23-14-15-28-59(50)66(60)72(54-26-10-5-11-27-54)67(63)65-61-29-16-17-30-64(61)73-68(62)65/h2-19,21-30,32-46H,20,31H2,1H3/b18-2-,52-35+. The third-order valence-electron chi connectivity index (χ3n) is 14.2. The number of fused-ring (bicyclic) bond motifs is 9. The zero-order valence-corrected chi connectivity index (χ0v) is 41.3. The van der Waals surface area contributed by atoms with Crippen LogP contribution >= 0.6 is 11.3 Å². The van der Waals surface area contributed by atoms with E-state index in [1.807, 2.05) is 23.7 Å². The molecular weight excluding hydrogens is 905 g/mol. The molecule has 0 amide bonds. The van der Waals surface area contributed by atoms with Gasteiger partial charge >= 0.3 is 0 Å². The van der Waals surface area contributed by atoms with Crippen LogP contribution in [0.15, 0.2) is 272 Å². The fourth-order valence-corrected chi connectivity index (χ4v) is 12.1. The molecule has 0 spiro atoms. The smallest absolute Gasteiger partial charge is 0.0634 e. The van der Waals surface area contributed by atoms with E-state index in [9.17, 15) is 0 Å². The Hall–Kier alpha value is -9.03. The molecule has 0 bridgehead atoms. The van der Waals surface area contributed by atoms with Crippen molar-refractivity contribution in [3.05, 3.63) is 272 Å². The Bertz CT molecular complexity index is 4090. The van der Waals surface area contributed by atoms with Crippen LogP contribution < -0.4 is 9.80 Å². The van der Waals surface area contributed by atoms with Gasteiger partial charge in [-0.15, -0.1) is 11.3 Å². The summed E-state index contributed by atoms with van der Waals surface area (Å²) in [5.41, 5.74) is 16.0. The molecule has 0 saturated heterocycles. The summed E-state index contributed by atoms with van der Waals surface area (Å²) >= 11 is 1.89. The van der Waals surface area contributed by atoms with Gasteiger partial charge in [0.15, 0.2) is 0 Å². The number of hydrogen-bond acceptors (Lipinski definition) is 4. The van der Waals surface area contributed by atoms with Gasteiger partial charge in [-0.25, -0.2) is 0 Å². The van der Waals surface area contributed by atoms with Gasteiger partial charge in [0.05, 0.1) is 11.0 Å². The van der Waals surface area contributed by atoms with Crippen molar-refractivity contribution in [1.82, 2.24) is 9.55 Å². The van der Waals surface area contributed by atoms with Crippen molar-refractivity contribution in [2.75, 3.05) is 9.80 Å². The molecule has 9 aromatic carbocycles. The Morgan fingerprint density at radius 2 is 1.25 bits per heavy atom. The SMILES string of the molecule is C/C=C\C(=C/CC1=CC=CC1)N(c1ccc(-c2ccccc2)cc1)c1cc(-c2cc3c4ccc5ccccc5c4n(-c4ccccc4)c3c3c2sc2ccccc23)cc(N(c2ccccc2)c2ccncc2)c1. The predicted octanol–water partition coefficient (Wildman–Crippen LogP) is 19.4. The summed E-state index contributed by atoms with van der Waals surface area (Å²) in [6.07, 6.45) is 19.1. The van der Waals surface area contributed by atoms with Gasteiger partial charge in [-0.1, -0.05) is 169 Å². The summed E-state index contributed by atoms with van der Waals surface area (Å²) < 4.78 is 5.04. The minimum Gasteiger partial charge on any atom is -0.311 e. The van der Waals surface area contributed by atoms with Crippen molar-refractivity contribution in [2.24, 2.45) is 0 Å². The Labute approximate surface area is 429 Å². The lowest BCUT2D eigenvalue weighted by molar-refractivity contribution is 1.10. The molecule has 1 aliphatic rings. The molecule has 0 radical (unpaired) electrons. The first kappa shape index (κ1) is 44.0. The summed E-state index contributed by atoms with van der Waals surface area (Å²) in [7, 11) is 0. The summed E-state index contributed by atoms with van der Waals surface area (Å²) in [6, 6.07) is 77.7. The highest BCUT2D eigenvalue weighted by Gasteiger charge is 2.25. The first-order chi connectivity index (χ1) is 36.2. The average molecular weight is 955 g/mol. The first-order valence-corrected chi connectivity index (χ1v) is 25.9. The Kier molecular flexibility index (Phi) is 11.4. The maximum atomic E-state index is 4.48. The molecule has 3 aromatic heterocycles. The molecule has 13 rings (SSSR count). The van der Waals surface area contributed by atoms with Crippen LogP contribution in [0.25, 0.3) is 80.7 Å². The molecule has 0 fully saturated rings. The zero-order chi connectivity index (χ0) is 48.7. The van der Waals surface area contributed by atoms with Crippen LogP contribution in [0.5, 0.6) is 0 Å². The molecule has 0 N–H and O–H groups in total. The van der Waals surface area contributed by atoms with E-state index < -0.39 is 0 Å². The highest BCUT2D eigenvalue weighted by molar-refractivity contribution is 7.26. The monoisotopic (exact) mass is 954 g/mol. The molecule has 1 aliphatic carbocycles. The molecule has 348 valence electrons. The highest BCUT2D eigenvalue weighted by Crippen LogP contribution is 2.51. The number of hydrogen-bond donors (Lipinski definition) is 0. The van der Waals surface area contributed by atoms with Crippen LogP contribution in [0.3, 0.4) is 0 Å². The second-order valence-corrected chi connectivity index (χ2v) is 19.7. The van der Waals surface area contributed by atoms with Gasteiger partial charge in [-0.05, 0) is 127 Å². The number of anilines is 5. The van der Waals surface area contributed by atoms with Crippen LogP contribution in [0, 0.1) is 0 Å². The minimum atomic E-state index is 0.838. The number of rotatable bonds is 12. The van der Waals surface area contributed by atoms with E-state index in [2.05, 4.69) is 275 Å². The number of benzene rings is 9. The first-order valence-electron chi connectivity index (χ1n) is 25.1. The van der Waals surface area contributed by atoms with E-state index in [4.69, 9.17) is 0 Å². The second-order valence-electron chi connectivity index (χ2n) is 18.6. The van der Waals surface area contributed by atoms with Gasteiger partial charge in [-0.2, -0.15) is 0 Å². The molecule has 3 heterocycles. The van der Waals surface area contributed by atoms with Gasteiger partial charge in [0, 0.05) is 94.1 Å². The lowest BCUT2D eigenvalue weighted by atomic mass is 9.96. The lowest BCUT2D eigenvalue weighted by Gasteiger charge is -2.31. The normalized spacial score (nSPS) is 12.8. The van der Waals surface area contributed by atoms with E-state index in [1.165, 1.54) is 75.0 Å². The second kappa shape index (κ2) is 18.9. The lowest BCUT2D eigenvalue weighted by Crippen LogP contribution is -2.17. The fraction of sp³-hybridized carbons (Fsp3) is 0.0441. The predicted molar refractivity (Wildman–Crippen MR) is 312 cm³/mol. The van der Waals surface area contributed by atoms with Crippen molar-refractivity contribution >= 4 is 92.5 Å². The summed E-state index contributed by atoms with van der Waals surface area (Å²) in [5, 5.41) is 7.42. The fourth-order valence-electron chi connectivity index (χ4n) is 10.9. The number of aromatic nitrogens is 2. The molecule has 0 unspecified atom stereocenters. The van der Waals surface area contributed by atoms with Crippen LogP contribution in [-0.2, 0) is 0 Å². The number of thiophene rings is 1. The number of allylic oxidation sites excluding steroid dienone is 7. The van der Waals surface area contributed by atoms with Gasteiger partial charge in [0.2, 0.25) is 0 Å². The van der Waals surface area contributed by atoms with Crippen molar-refractivity contribution in [3.63, 3.8) is 0 Å². The molecule has 73 heavy (non-hydrogen) atoms. The maximum absolute atomic E-state index is 4.48. The molecule has 0 aliphatic heterocycles. The molecule has 4 nitrogen and oxygen atoms in total. The third kappa shape index (κ3) is 8.01. The summed E-state index contributed by atoms with van der Waals surface area (Å²) in [6.45, 7) is 2.12.